The fourth-order valence-corrected chi connectivity index (χ4v) is 1.03. The van der Waals surface area contributed by atoms with Crippen molar-refractivity contribution in [3.8, 4) is 0 Å². The number of nitrogens with zero attached hydrogens (tertiary/aromatic N) is 3. The molecule has 0 radical (unpaired) electrons. The molecule has 4 heteroatoms. The Hall–Kier alpha value is -0.800. The summed E-state index contributed by atoms with van der Waals surface area (Å²) in [5, 5.41) is 5.12. The Labute approximate surface area is 66.5 Å². The predicted molar refractivity (Wildman–Crippen MR) is 42.7 cm³/mol. The number of hydrogen-bond donors (Lipinski definition) is 0. The Morgan fingerprint density at radius 1 is 1.64 bits per heavy atom. The number of halogens is 1. The topological polar surface area (TPSA) is 18.8 Å². The molecule has 1 unspecified atom stereocenters. The highest BCUT2D eigenvalue weighted by atomic mass is 19.1. The zero-order valence-corrected chi connectivity index (χ0v) is 7.16. The Morgan fingerprint density at radius 3 is 2.64 bits per heavy atom. The van der Waals surface area contributed by atoms with Gasteiger partial charge in [0, 0.05) is 13.6 Å². The molecule has 0 aromatic heterocycles. The van der Waals surface area contributed by atoms with Crippen LogP contribution in [0.25, 0.3) is 0 Å². The maximum atomic E-state index is 13.1. The zero-order valence-electron chi connectivity index (χ0n) is 7.16. The molecule has 0 aromatic carbocycles. The summed E-state index contributed by atoms with van der Waals surface area (Å²) in [6, 6.07) is 0. The molecule has 64 valence electrons. The molecule has 11 heavy (non-hydrogen) atoms. The second kappa shape index (κ2) is 3.07. The van der Waals surface area contributed by atoms with E-state index < -0.39 is 6.42 Å². The summed E-state index contributed by atoms with van der Waals surface area (Å²) in [6.07, 6.45) is 0.474. The maximum Gasteiger partial charge on any atom is 0.264 e. The van der Waals surface area contributed by atoms with E-state index in [9.17, 15) is 4.39 Å². The summed E-state index contributed by atoms with van der Waals surface area (Å²) in [4.78, 5) is 1.59. The third-order valence-electron chi connectivity index (χ3n) is 1.54. The molecular weight excluding hydrogens is 145 g/mol. The van der Waals surface area contributed by atoms with Gasteiger partial charge in [0.05, 0.1) is 0 Å². The zero-order chi connectivity index (χ0) is 8.43. The highest BCUT2D eigenvalue weighted by molar-refractivity contribution is 5.56. The third-order valence-corrected chi connectivity index (χ3v) is 1.54. The van der Waals surface area contributed by atoms with Gasteiger partial charge in [-0.3, -0.25) is 0 Å². The van der Waals surface area contributed by atoms with Crippen molar-refractivity contribution in [1.82, 2.24) is 9.91 Å². The summed E-state index contributed by atoms with van der Waals surface area (Å²) in [7, 11) is 1.63. The highest BCUT2D eigenvalue weighted by Crippen LogP contribution is 2.12. The fourth-order valence-electron chi connectivity index (χ4n) is 1.03. The van der Waals surface area contributed by atoms with Gasteiger partial charge < -0.3 is 4.90 Å². The van der Waals surface area contributed by atoms with Crippen LogP contribution >= 0.6 is 0 Å². The Balaban J connectivity index is 2.43. The summed E-state index contributed by atoms with van der Waals surface area (Å²) in [5.41, 5.74) is 0. The van der Waals surface area contributed by atoms with Crippen LogP contribution in [-0.4, -0.2) is 36.3 Å². The molecular formula is C7H14FN3. The monoisotopic (exact) mass is 159 g/mol. The lowest BCUT2D eigenvalue weighted by molar-refractivity contribution is 0.0291. The minimum atomic E-state index is -1.07. The highest BCUT2D eigenvalue weighted by Gasteiger charge is 2.23. The molecule has 1 rings (SSSR count). The second-order valence-electron chi connectivity index (χ2n) is 3.21. The molecule has 1 aliphatic heterocycles. The number of rotatable bonds is 2. The van der Waals surface area contributed by atoms with Crippen LogP contribution in [0, 0.1) is 5.92 Å². The fraction of sp³-hybridized carbons (Fsp3) is 0.857. The van der Waals surface area contributed by atoms with E-state index in [1.807, 2.05) is 0 Å². The van der Waals surface area contributed by atoms with Crippen molar-refractivity contribution in [2.45, 2.75) is 20.3 Å². The predicted octanol–water partition coefficient (Wildman–Crippen LogP) is 1.09. The molecule has 0 aromatic rings. The molecule has 0 N–H and O–H groups in total. The summed E-state index contributed by atoms with van der Waals surface area (Å²) >= 11 is 0. The quantitative estimate of drug-likeness (QED) is 0.561. The molecule has 0 aliphatic carbocycles. The van der Waals surface area contributed by atoms with Crippen molar-refractivity contribution in [3.63, 3.8) is 0 Å². The molecule has 0 spiro atoms. The maximum absolute atomic E-state index is 13.1. The van der Waals surface area contributed by atoms with Crippen LogP contribution in [-0.2, 0) is 0 Å². The van der Waals surface area contributed by atoms with E-state index in [2.05, 4.69) is 18.9 Å². The molecule has 1 heterocycles. The average Bonchev–Trinajstić information content (AvgIpc) is 2.18. The molecule has 1 atom stereocenters. The van der Waals surface area contributed by atoms with Gasteiger partial charge in [-0.1, -0.05) is 13.8 Å². The van der Waals surface area contributed by atoms with Crippen molar-refractivity contribution >= 4 is 6.34 Å². The van der Waals surface area contributed by atoms with Crippen LogP contribution in [0.4, 0.5) is 4.39 Å². The van der Waals surface area contributed by atoms with Crippen molar-refractivity contribution in [3.05, 3.63) is 0 Å². The van der Waals surface area contributed by atoms with E-state index in [0.717, 1.165) is 6.54 Å². The normalized spacial score (nSPS) is 23.9. The Bertz CT molecular complexity index is 158. The number of hydrazone groups is 1. The first kappa shape index (κ1) is 8.30. The molecule has 1 aliphatic rings. The van der Waals surface area contributed by atoms with Gasteiger partial charge in [-0.05, 0) is 5.92 Å². The van der Waals surface area contributed by atoms with Gasteiger partial charge in [0.25, 0.3) is 6.42 Å². The Morgan fingerprint density at radius 2 is 2.27 bits per heavy atom. The van der Waals surface area contributed by atoms with E-state index in [1.54, 1.807) is 18.3 Å². The molecule has 0 saturated heterocycles. The Kier molecular flexibility index (Phi) is 2.31. The van der Waals surface area contributed by atoms with Crippen LogP contribution in [0.1, 0.15) is 13.8 Å². The first-order valence-corrected chi connectivity index (χ1v) is 3.78. The van der Waals surface area contributed by atoms with E-state index >= 15 is 0 Å². The van der Waals surface area contributed by atoms with Crippen molar-refractivity contribution < 1.29 is 4.39 Å². The molecule has 0 fully saturated rings. The summed E-state index contributed by atoms with van der Waals surface area (Å²) in [6.45, 7) is 4.83. The van der Waals surface area contributed by atoms with E-state index in [4.69, 9.17) is 0 Å². The molecule has 3 nitrogen and oxygen atoms in total. The number of hydrogen-bond acceptors (Lipinski definition) is 3. The van der Waals surface area contributed by atoms with Crippen LogP contribution in [0.15, 0.2) is 5.10 Å². The van der Waals surface area contributed by atoms with Gasteiger partial charge in [0.2, 0.25) is 0 Å². The minimum absolute atomic E-state index is 0.464. The van der Waals surface area contributed by atoms with E-state index in [1.165, 1.54) is 5.01 Å². The lowest BCUT2D eigenvalue weighted by Gasteiger charge is -2.22. The van der Waals surface area contributed by atoms with Gasteiger partial charge in [0.15, 0.2) is 0 Å². The minimum Gasteiger partial charge on any atom is -0.313 e. The lowest BCUT2D eigenvalue weighted by Crippen LogP contribution is -2.36. The standard InChI is InChI=1S/C7H14FN3/c1-6(2)4-11-5-9-10(3)7(11)8/h5-7H,4H2,1-3H3. The van der Waals surface area contributed by atoms with Crippen LogP contribution in [0.3, 0.4) is 0 Å². The van der Waals surface area contributed by atoms with Crippen molar-refractivity contribution in [2.24, 2.45) is 11.0 Å². The summed E-state index contributed by atoms with van der Waals surface area (Å²) < 4.78 is 13.1. The molecule has 0 amide bonds. The first-order valence-electron chi connectivity index (χ1n) is 3.78. The molecule has 0 bridgehead atoms. The SMILES string of the molecule is CC(C)CN1C=NN(C)C1F. The van der Waals surface area contributed by atoms with Gasteiger partial charge >= 0.3 is 0 Å². The van der Waals surface area contributed by atoms with E-state index in [0.29, 0.717) is 5.92 Å². The first-order chi connectivity index (χ1) is 5.11. The van der Waals surface area contributed by atoms with Crippen LogP contribution < -0.4 is 0 Å². The number of alkyl halides is 1. The summed E-state index contributed by atoms with van der Waals surface area (Å²) in [5.74, 6) is 0.464. The largest absolute Gasteiger partial charge is 0.313 e. The van der Waals surface area contributed by atoms with Gasteiger partial charge in [0.1, 0.15) is 6.34 Å². The smallest absolute Gasteiger partial charge is 0.264 e. The van der Waals surface area contributed by atoms with Gasteiger partial charge in [-0.25, -0.2) is 5.01 Å². The van der Waals surface area contributed by atoms with Crippen molar-refractivity contribution in [1.29, 1.82) is 0 Å². The molecule has 0 saturated carbocycles. The lowest BCUT2D eigenvalue weighted by atomic mass is 10.2. The second-order valence-corrected chi connectivity index (χ2v) is 3.21. The van der Waals surface area contributed by atoms with Crippen LogP contribution in [0.5, 0.6) is 0 Å². The van der Waals surface area contributed by atoms with Crippen LogP contribution in [0.2, 0.25) is 0 Å². The van der Waals surface area contributed by atoms with Crippen molar-refractivity contribution in [2.75, 3.05) is 13.6 Å². The average molecular weight is 159 g/mol. The third kappa shape index (κ3) is 1.82. The van der Waals surface area contributed by atoms with Gasteiger partial charge in [-0.2, -0.15) is 9.49 Å². The van der Waals surface area contributed by atoms with E-state index in [-0.39, 0.29) is 0 Å². The van der Waals surface area contributed by atoms with Gasteiger partial charge in [-0.15, -0.1) is 0 Å².